The summed E-state index contributed by atoms with van der Waals surface area (Å²) in [6.45, 7) is 3.89. The molecule has 112 valence electrons. The van der Waals surface area contributed by atoms with Crippen LogP contribution in [0.4, 0.5) is 5.69 Å². The van der Waals surface area contributed by atoms with E-state index in [-0.39, 0.29) is 23.8 Å². The van der Waals surface area contributed by atoms with E-state index in [0.29, 0.717) is 17.7 Å². The summed E-state index contributed by atoms with van der Waals surface area (Å²) in [5, 5.41) is 0. The summed E-state index contributed by atoms with van der Waals surface area (Å²) in [4.78, 5) is 0. The van der Waals surface area contributed by atoms with Crippen LogP contribution in [0.3, 0.4) is 0 Å². The van der Waals surface area contributed by atoms with Crippen molar-refractivity contribution in [2.75, 3.05) is 4.72 Å². The van der Waals surface area contributed by atoms with Crippen molar-refractivity contribution in [2.45, 2.75) is 32.2 Å². The number of nitrogens with zero attached hydrogens (tertiary/aromatic N) is 1. The minimum absolute atomic E-state index is 0. The van der Waals surface area contributed by atoms with Crippen molar-refractivity contribution >= 4 is 34.1 Å². The van der Waals surface area contributed by atoms with Gasteiger partial charge in [-0.15, -0.1) is 16.8 Å². The third-order valence-electron chi connectivity index (χ3n) is 2.90. The molecular formula is C12H19ClN4O2S. The number of hydrogen-bond donors (Lipinski definition) is 3. The van der Waals surface area contributed by atoms with Gasteiger partial charge < -0.3 is 11.5 Å². The summed E-state index contributed by atoms with van der Waals surface area (Å²) in [5.41, 5.74) is 13.5. The van der Waals surface area contributed by atoms with Crippen LogP contribution in [0.5, 0.6) is 0 Å². The van der Waals surface area contributed by atoms with Gasteiger partial charge in [0, 0.05) is 11.1 Å². The molecule has 8 heteroatoms. The molecule has 0 saturated carbocycles. The van der Waals surface area contributed by atoms with E-state index in [1.54, 1.807) is 12.1 Å². The fraction of sp³-hybridized carbons (Fsp3) is 0.417. The quantitative estimate of drug-likeness (QED) is 0.776. The van der Waals surface area contributed by atoms with Crippen LogP contribution in [0.1, 0.15) is 31.4 Å². The molecule has 0 radical (unpaired) electrons. The minimum atomic E-state index is -3.72. The molecule has 0 unspecified atom stereocenters. The molecule has 0 atom stereocenters. The Morgan fingerprint density at radius 3 is 2.60 bits per heavy atom. The Labute approximate surface area is 125 Å². The Kier molecular flexibility index (Phi) is 4.68. The van der Waals surface area contributed by atoms with Gasteiger partial charge in [0.2, 0.25) is 0 Å². The van der Waals surface area contributed by atoms with Gasteiger partial charge in [0.15, 0.2) is 0 Å². The number of amidine groups is 1. The van der Waals surface area contributed by atoms with E-state index in [1.807, 2.05) is 19.9 Å². The number of nitrogens with two attached hydrogens (primary N) is 2. The second-order valence-electron chi connectivity index (χ2n) is 5.38. The van der Waals surface area contributed by atoms with Crippen LogP contribution >= 0.6 is 12.4 Å². The molecule has 0 saturated heterocycles. The van der Waals surface area contributed by atoms with Crippen LogP contribution in [-0.2, 0) is 16.6 Å². The predicted octanol–water partition coefficient (Wildman–Crippen LogP) is 1.15. The SMILES string of the molecule is CC(C)(N)CCc1cccc2c1C(N)=NS(=O)(=O)N2.Cl. The predicted molar refractivity (Wildman–Crippen MR) is 83.5 cm³/mol. The molecule has 0 amide bonds. The van der Waals surface area contributed by atoms with Gasteiger partial charge in [-0.25, -0.2) is 0 Å². The standard InChI is InChI=1S/C12H18N4O2S.ClH/c1-12(2,14)7-6-8-4-3-5-9-10(8)11(13)16-19(17,18)15-9;/h3-5,15H,6-7,14H2,1-2H3,(H2,13,16);1H. The summed E-state index contributed by atoms with van der Waals surface area (Å²) in [6, 6.07) is 5.37. The molecule has 1 aromatic rings. The molecular weight excluding hydrogens is 300 g/mol. The van der Waals surface area contributed by atoms with E-state index in [2.05, 4.69) is 9.12 Å². The van der Waals surface area contributed by atoms with E-state index in [4.69, 9.17) is 11.5 Å². The summed E-state index contributed by atoms with van der Waals surface area (Å²) in [6.07, 6.45) is 1.48. The van der Waals surface area contributed by atoms with Crippen molar-refractivity contribution in [3.05, 3.63) is 29.3 Å². The summed E-state index contributed by atoms with van der Waals surface area (Å²) < 4.78 is 28.8. The Balaban J connectivity index is 0.00000200. The fourth-order valence-electron chi connectivity index (χ4n) is 1.99. The van der Waals surface area contributed by atoms with E-state index >= 15 is 0 Å². The molecule has 0 fully saturated rings. The first kappa shape index (κ1) is 16.7. The molecule has 0 aromatic heterocycles. The summed E-state index contributed by atoms with van der Waals surface area (Å²) in [7, 11) is -3.72. The molecule has 6 nitrogen and oxygen atoms in total. The maximum absolute atomic E-state index is 11.5. The average Bonchev–Trinajstić information content (AvgIpc) is 2.22. The zero-order valence-corrected chi connectivity index (χ0v) is 13.0. The van der Waals surface area contributed by atoms with E-state index < -0.39 is 10.2 Å². The smallest absolute Gasteiger partial charge is 0.344 e. The van der Waals surface area contributed by atoms with Gasteiger partial charge in [-0.3, -0.25) is 4.72 Å². The van der Waals surface area contributed by atoms with E-state index in [0.717, 1.165) is 12.0 Å². The lowest BCUT2D eigenvalue weighted by Gasteiger charge is -2.22. The number of rotatable bonds is 3. The van der Waals surface area contributed by atoms with Gasteiger partial charge in [0.05, 0.1) is 5.69 Å². The van der Waals surface area contributed by atoms with Gasteiger partial charge in [-0.2, -0.15) is 8.42 Å². The molecule has 1 heterocycles. The third kappa shape index (κ3) is 3.84. The number of halogens is 1. The first-order chi connectivity index (χ1) is 8.68. The van der Waals surface area contributed by atoms with Gasteiger partial charge in [-0.1, -0.05) is 12.1 Å². The molecule has 1 aromatic carbocycles. The molecule has 20 heavy (non-hydrogen) atoms. The lowest BCUT2D eigenvalue weighted by atomic mass is 9.93. The second kappa shape index (κ2) is 5.59. The van der Waals surface area contributed by atoms with E-state index in [9.17, 15) is 8.42 Å². The van der Waals surface area contributed by atoms with Crippen molar-refractivity contribution in [2.24, 2.45) is 15.9 Å². The minimum Gasteiger partial charge on any atom is -0.382 e. The molecule has 2 rings (SSSR count). The number of anilines is 1. The molecule has 0 aliphatic carbocycles. The molecule has 0 bridgehead atoms. The van der Waals surface area contributed by atoms with Crippen LogP contribution in [0, 0.1) is 0 Å². The maximum Gasteiger partial charge on any atom is 0.344 e. The molecule has 0 spiro atoms. The van der Waals surface area contributed by atoms with Crippen molar-refractivity contribution < 1.29 is 8.42 Å². The van der Waals surface area contributed by atoms with Gasteiger partial charge >= 0.3 is 10.2 Å². The Morgan fingerprint density at radius 2 is 2.00 bits per heavy atom. The van der Waals surface area contributed by atoms with Crippen LogP contribution < -0.4 is 16.2 Å². The van der Waals surface area contributed by atoms with Crippen molar-refractivity contribution in [1.29, 1.82) is 0 Å². The van der Waals surface area contributed by atoms with Crippen LogP contribution in [0.15, 0.2) is 22.6 Å². The Bertz CT molecular complexity index is 635. The Hall–Kier alpha value is -1.31. The molecule has 5 N–H and O–H groups in total. The zero-order chi connectivity index (χ0) is 14.3. The highest BCUT2D eigenvalue weighted by atomic mass is 35.5. The lowest BCUT2D eigenvalue weighted by Crippen LogP contribution is -2.33. The normalized spacial score (nSPS) is 16.4. The first-order valence-corrected chi connectivity index (χ1v) is 7.41. The maximum atomic E-state index is 11.5. The largest absolute Gasteiger partial charge is 0.382 e. The number of nitrogens with one attached hydrogen (secondary N) is 1. The van der Waals surface area contributed by atoms with Gasteiger partial charge in [0.1, 0.15) is 5.84 Å². The fourth-order valence-corrected chi connectivity index (χ4v) is 2.83. The average molecular weight is 319 g/mol. The van der Waals surface area contributed by atoms with Crippen LogP contribution in [0.25, 0.3) is 0 Å². The molecule has 1 aliphatic rings. The number of hydrogen-bond acceptors (Lipinski definition) is 4. The van der Waals surface area contributed by atoms with Crippen LogP contribution in [0.2, 0.25) is 0 Å². The summed E-state index contributed by atoms with van der Waals surface area (Å²) >= 11 is 0. The van der Waals surface area contributed by atoms with Crippen LogP contribution in [-0.4, -0.2) is 19.8 Å². The van der Waals surface area contributed by atoms with Crippen molar-refractivity contribution in [1.82, 2.24) is 0 Å². The zero-order valence-electron chi connectivity index (χ0n) is 11.4. The van der Waals surface area contributed by atoms with Crippen molar-refractivity contribution in [3.8, 4) is 0 Å². The third-order valence-corrected chi connectivity index (χ3v) is 3.82. The first-order valence-electron chi connectivity index (χ1n) is 5.97. The topological polar surface area (TPSA) is 111 Å². The highest BCUT2D eigenvalue weighted by molar-refractivity contribution is 7.91. The highest BCUT2D eigenvalue weighted by Crippen LogP contribution is 2.26. The molecule has 1 aliphatic heterocycles. The second-order valence-corrected chi connectivity index (χ2v) is 6.72. The lowest BCUT2D eigenvalue weighted by molar-refractivity contribution is 0.477. The number of benzene rings is 1. The highest BCUT2D eigenvalue weighted by Gasteiger charge is 2.23. The van der Waals surface area contributed by atoms with Gasteiger partial charge in [0.25, 0.3) is 0 Å². The Morgan fingerprint density at radius 1 is 1.35 bits per heavy atom. The van der Waals surface area contributed by atoms with Crippen molar-refractivity contribution in [3.63, 3.8) is 0 Å². The monoisotopic (exact) mass is 318 g/mol. The summed E-state index contributed by atoms with van der Waals surface area (Å²) in [5.74, 6) is 0.0270. The number of aryl methyl sites for hydroxylation is 1. The van der Waals surface area contributed by atoms with Gasteiger partial charge in [-0.05, 0) is 38.3 Å². The van der Waals surface area contributed by atoms with E-state index in [1.165, 1.54) is 0 Å². The number of fused-ring (bicyclic) bond motifs is 1.